The second-order valence-corrected chi connectivity index (χ2v) is 7.10. The van der Waals surface area contributed by atoms with Crippen LogP contribution >= 0.6 is 0 Å². The van der Waals surface area contributed by atoms with Crippen molar-refractivity contribution in [1.29, 1.82) is 0 Å². The average molecular weight is 248 g/mol. The van der Waals surface area contributed by atoms with Gasteiger partial charge in [-0.15, -0.1) is 0 Å². The summed E-state index contributed by atoms with van der Waals surface area (Å²) >= 11 is 0. The van der Waals surface area contributed by atoms with Crippen molar-refractivity contribution in [2.45, 2.75) is 19.1 Å². The van der Waals surface area contributed by atoms with Crippen LogP contribution in [0.4, 0.5) is 0 Å². The van der Waals surface area contributed by atoms with Gasteiger partial charge < -0.3 is 9.80 Å². The Morgan fingerprint density at radius 1 is 1.19 bits per heavy atom. The number of rotatable bonds is 3. The van der Waals surface area contributed by atoms with Gasteiger partial charge in [-0.2, -0.15) is 0 Å². The van der Waals surface area contributed by atoms with Crippen LogP contribution < -0.4 is 0 Å². The summed E-state index contributed by atoms with van der Waals surface area (Å²) in [7, 11) is -1.27. The van der Waals surface area contributed by atoms with Crippen molar-refractivity contribution in [3.8, 4) is 0 Å². The van der Waals surface area contributed by atoms with E-state index in [1.807, 2.05) is 7.05 Å². The lowest BCUT2D eigenvalue weighted by molar-refractivity contribution is -0.129. The maximum atomic E-state index is 11.8. The molecular weight excluding hydrogens is 228 g/mol. The summed E-state index contributed by atoms with van der Waals surface area (Å²) in [6, 6.07) is 0. The van der Waals surface area contributed by atoms with Gasteiger partial charge in [0, 0.05) is 26.2 Å². The third-order valence-corrected chi connectivity index (χ3v) is 4.98. The lowest BCUT2D eigenvalue weighted by atomic mass is 10.3. The van der Waals surface area contributed by atoms with Crippen molar-refractivity contribution >= 4 is 15.7 Å². The third-order valence-electron chi connectivity index (χ3n) is 2.90. The molecule has 0 radical (unpaired) electrons. The van der Waals surface area contributed by atoms with Crippen molar-refractivity contribution in [1.82, 2.24) is 9.80 Å². The monoisotopic (exact) mass is 248 g/mol. The van der Waals surface area contributed by atoms with E-state index in [1.54, 1.807) is 18.7 Å². The lowest BCUT2D eigenvalue weighted by Crippen LogP contribution is -2.49. The standard InChI is InChI=1S/C10H20N2O3S/c1-9(2)16(14,15)8-10(13)12-6-4-11(3)5-7-12/h9H,4-8H2,1-3H3. The zero-order valence-corrected chi connectivity index (χ0v) is 11.0. The van der Waals surface area contributed by atoms with Gasteiger partial charge in [-0.25, -0.2) is 8.42 Å². The zero-order valence-electron chi connectivity index (χ0n) is 10.1. The Balaban J connectivity index is 2.53. The van der Waals surface area contributed by atoms with E-state index in [1.165, 1.54) is 0 Å². The van der Waals surface area contributed by atoms with E-state index >= 15 is 0 Å². The highest BCUT2D eigenvalue weighted by Crippen LogP contribution is 2.05. The molecule has 1 aliphatic rings. The van der Waals surface area contributed by atoms with Crippen LogP contribution in [-0.2, 0) is 14.6 Å². The zero-order chi connectivity index (χ0) is 12.3. The molecule has 0 atom stereocenters. The van der Waals surface area contributed by atoms with E-state index < -0.39 is 15.1 Å². The summed E-state index contributed by atoms with van der Waals surface area (Å²) in [4.78, 5) is 15.5. The fraction of sp³-hybridized carbons (Fsp3) is 0.900. The molecule has 0 saturated carbocycles. The second-order valence-electron chi connectivity index (χ2n) is 4.54. The molecule has 0 aliphatic carbocycles. The van der Waals surface area contributed by atoms with Gasteiger partial charge in [0.15, 0.2) is 9.84 Å². The smallest absolute Gasteiger partial charge is 0.237 e. The molecule has 1 saturated heterocycles. The molecular formula is C10H20N2O3S. The van der Waals surface area contributed by atoms with Gasteiger partial charge in [-0.3, -0.25) is 4.79 Å². The molecule has 0 aromatic heterocycles. The van der Waals surface area contributed by atoms with Gasteiger partial charge in [0.05, 0.1) is 5.25 Å². The fourth-order valence-corrected chi connectivity index (χ4v) is 2.35. The van der Waals surface area contributed by atoms with E-state index in [0.717, 1.165) is 13.1 Å². The van der Waals surface area contributed by atoms with Crippen LogP contribution in [0.3, 0.4) is 0 Å². The first-order chi connectivity index (χ1) is 7.33. The largest absolute Gasteiger partial charge is 0.339 e. The first kappa shape index (κ1) is 13.4. The molecule has 94 valence electrons. The highest BCUT2D eigenvalue weighted by Gasteiger charge is 2.26. The first-order valence-corrected chi connectivity index (χ1v) is 7.22. The van der Waals surface area contributed by atoms with Crippen LogP contribution in [0.25, 0.3) is 0 Å². The summed E-state index contributed by atoms with van der Waals surface area (Å²) in [5.41, 5.74) is 0. The van der Waals surface area contributed by atoms with Crippen LogP contribution in [0, 0.1) is 0 Å². The van der Waals surface area contributed by atoms with Crippen LogP contribution in [0.1, 0.15) is 13.8 Å². The molecule has 0 aromatic carbocycles. The Morgan fingerprint density at radius 2 is 1.69 bits per heavy atom. The molecule has 16 heavy (non-hydrogen) atoms. The van der Waals surface area contributed by atoms with Gasteiger partial charge in [-0.05, 0) is 20.9 Å². The molecule has 5 nitrogen and oxygen atoms in total. The van der Waals surface area contributed by atoms with E-state index in [0.29, 0.717) is 13.1 Å². The second kappa shape index (κ2) is 5.14. The summed E-state index contributed by atoms with van der Waals surface area (Å²) in [6.45, 7) is 6.09. The fourth-order valence-electron chi connectivity index (χ4n) is 1.49. The van der Waals surface area contributed by atoms with Crippen molar-refractivity contribution in [3.63, 3.8) is 0 Å². The van der Waals surface area contributed by atoms with Crippen molar-refractivity contribution in [3.05, 3.63) is 0 Å². The topological polar surface area (TPSA) is 57.7 Å². The molecule has 1 aliphatic heterocycles. The van der Waals surface area contributed by atoms with Crippen LogP contribution in [-0.4, -0.2) is 68.4 Å². The maximum absolute atomic E-state index is 11.8. The quantitative estimate of drug-likeness (QED) is 0.681. The first-order valence-electron chi connectivity index (χ1n) is 5.51. The number of likely N-dealkylation sites (N-methyl/N-ethyl adjacent to an activating group) is 1. The summed E-state index contributed by atoms with van der Waals surface area (Å²) in [5, 5.41) is -0.482. The SMILES string of the molecule is CC(C)S(=O)(=O)CC(=O)N1CCN(C)CC1. The van der Waals surface area contributed by atoms with Gasteiger partial charge in [-0.1, -0.05) is 0 Å². The summed E-state index contributed by atoms with van der Waals surface area (Å²) < 4.78 is 23.2. The summed E-state index contributed by atoms with van der Waals surface area (Å²) in [6.07, 6.45) is 0. The molecule has 1 fully saturated rings. The minimum absolute atomic E-state index is 0.262. The molecule has 0 bridgehead atoms. The molecule has 1 heterocycles. The molecule has 0 N–H and O–H groups in total. The maximum Gasteiger partial charge on any atom is 0.237 e. The highest BCUT2D eigenvalue weighted by atomic mass is 32.2. The normalized spacial score (nSPS) is 19.1. The molecule has 0 unspecified atom stereocenters. The number of hydrogen-bond acceptors (Lipinski definition) is 4. The van der Waals surface area contributed by atoms with E-state index in [-0.39, 0.29) is 11.7 Å². The number of piperazine rings is 1. The van der Waals surface area contributed by atoms with E-state index in [9.17, 15) is 13.2 Å². The molecule has 1 rings (SSSR count). The Labute approximate surface area is 97.3 Å². The number of carbonyl (C=O) groups excluding carboxylic acids is 1. The third kappa shape index (κ3) is 3.45. The minimum atomic E-state index is -3.27. The van der Waals surface area contributed by atoms with Gasteiger partial charge >= 0.3 is 0 Å². The number of hydrogen-bond donors (Lipinski definition) is 0. The van der Waals surface area contributed by atoms with Crippen LogP contribution in [0.15, 0.2) is 0 Å². The Bertz CT molecular complexity index is 343. The molecule has 1 amide bonds. The molecule has 0 spiro atoms. The van der Waals surface area contributed by atoms with Crippen molar-refractivity contribution in [2.24, 2.45) is 0 Å². The van der Waals surface area contributed by atoms with Crippen molar-refractivity contribution in [2.75, 3.05) is 39.0 Å². The van der Waals surface area contributed by atoms with Crippen LogP contribution in [0.5, 0.6) is 0 Å². The number of carbonyl (C=O) groups is 1. The van der Waals surface area contributed by atoms with Gasteiger partial charge in [0.1, 0.15) is 5.75 Å². The summed E-state index contributed by atoms with van der Waals surface area (Å²) in [5.74, 6) is -0.615. The van der Waals surface area contributed by atoms with Crippen molar-refractivity contribution < 1.29 is 13.2 Å². The predicted molar refractivity (Wildman–Crippen MR) is 63.0 cm³/mol. The van der Waals surface area contributed by atoms with E-state index in [4.69, 9.17) is 0 Å². The van der Waals surface area contributed by atoms with Gasteiger partial charge in [0.2, 0.25) is 5.91 Å². The Hall–Kier alpha value is -0.620. The predicted octanol–water partition coefficient (Wildman–Crippen LogP) is -0.416. The lowest BCUT2D eigenvalue weighted by Gasteiger charge is -2.32. The minimum Gasteiger partial charge on any atom is -0.339 e. The van der Waals surface area contributed by atoms with E-state index in [2.05, 4.69) is 4.90 Å². The molecule has 6 heteroatoms. The Kier molecular flexibility index (Phi) is 4.32. The number of sulfone groups is 1. The number of amides is 1. The number of nitrogens with zero attached hydrogens (tertiary/aromatic N) is 2. The highest BCUT2D eigenvalue weighted by molar-refractivity contribution is 7.92. The van der Waals surface area contributed by atoms with Gasteiger partial charge in [0.25, 0.3) is 0 Å². The molecule has 0 aromatic rings. The van der Waals surface area contributed by atoms with Crippen LogP contribution in [0.2, 0.25) is 0 Å². The average Bonchev–Trinajstić information content (AvgIpc) is 2.17. The Morgan fingerprint density at radius 3 is 2.12 bits per heavy atom.